The molecule has 1 amide bonds. The number of carbonyl (C=O) groups is 1. The van der Waals surface area contributed by atoms with Crippen LogP contribution in [0.4, 0.5) is 0 Å². The van der Waals surface area contributed by atoms with Crippen LogP contribution in [-0.2, 0) is 11.3 Å². The zero-order valence-electron chi connectivity index (χ0n) is 13.0. The summed E-state index contributed by atoms with van der Waals surface area (Å²) in [6.07, 6.45) is 0. The summed E-state index contributed by atoms with van der Waals surface area (Å²) in [5.74, 6) is 0.562. The maximum Gasteiger partial charge on any atom is 0.258 e. The molecule has 0 saturated heterocycles. The van der Waals surface area contributed by atoms with Gasteiger partial charge in [-0.2, -0.15) is 5.26 Å². The molecule has 0 saturated carbocycles. The van der Waals surface area contributed by atoms with Crippen molar-refractivity contribution in [3.05, 3.63) is 53.3 Å². The number of nitriles is 1. The molecule has 0 radical (unpaired) electrons. The fourth-order valence-electron chi connectivity index (χ4n) is 1.94. The summed E-state index contributed by atoms with van der Waals surface area (Å²) in [6.45, 7) is 2.09. The van der Waals surface area contributed by atoms with E-state index in [1.807, 2.05) is 31.2 Å². The van der Waals surface area contributed by atoms with E-state index in [9.17, 15) is 4.79 Å². The SMILES string of the molecule is COc1cc(C#N)ccc1OCC(=O)NCc1cccc(C)n1. The number of nitrogens with one attached hydrogen (secondary N) is 1. The molecular weight excluding hydrogens is 294 g/mol. The molecule has 0 atom stereocenters. The lowest BCUT2D eigenvalue weighted by molar-refractivity contribution is -0.123. The maximum absolute atomic E-state index is 11.8. The van der Waals surface area contributed by atoms with Crippen molar-refractivity contribution in [1.29, 1.82) is 5.26 Å². The number of benzene rings is 1. The number of amides is 1. The topological polar surface area (TPSA) is 84.2 Å². The number of aromatic nitrogens is 1. The fourth-order valence-corrected chi connectivity index (χ4v) is 1.94. The van der Waals surface area contributed by atoms with Crippen LogP contribution in [0.1, 0.15) is 17.0 Å². The minimum Gasteiger partial charge on any atom is -0.493 e. The van der Waals surface area contributed by atoms with Gasteiger partial charge >= 0.3 is 0 Å². The molecule has 23 heavy (non-hydrogen) atoms. The number of carbonyl (C=O) groups excluding carboxylic acids is 1. The van der Waals surface area contributed by atoms with Gasteiger partial charge in [0.1, 0.15) is 0 Å². The fraction of sp³-hybridized carbons (Fsp3) is 0.235. The highest BCUT2D eigenvalue weighted by atomic mass is 16.5. The van der Waals surface area contributed by atoms with Crippen molar-refractivity contribution in [3.8, 4) is 17.6 Å². The van der Waals surface area contributed by atoms with Gasteiger partial charge in [-0.15, -0.1) is 0 Å². The Bertz CT molecular complexity index is 738. The summed E-state index contributed by atoms with van der Waals surface area (Å²) >= 11 is 0. The van der Waals surface area contributed by atoms with E-state index < -0.39 is 0 Å². The summed E-state index contributed by atoms with van der Waals surface area (Å²) in [7, 11) is 1.48. The van der Waals surface area contributed by atoms with Gasteiger partial charge in [0.25, 0.3) is 5.91 Å². The third kappa shape index (κ3) is 4.71. The molecular formula is C17H17N3O3. The summed E-state index contributed by atoms with van der Waals surface area (Å²) in [6, 6.07) is 12.4. The lowest BCUT2D eigenvalue weighted by Crippen LogP contribution is -2.28. The largest absolute Gasteiger partial charge is 0.493 e. The Balaban J connectivity index is 1.88. The Morgan fingerprint density at radius 1 is 1.30 bits per heavy atom. The quantitative estimate of drug-likeness (QED) is 0.881. The van der Waals surface area contributed by atoms with Gasteiger partial charge in [-0.25, -0.2) is 0 Å². The van der Waals surface area contributed by atoms with Crippen molar-refractivity contribution < 1.29 is 14.3 Å². The first kappa shape index (κ1) is 16.3. The normalized spacial score (nSPS) is 9.78. The molecule has 2 rings (SSSR count). The van der Waals surface area contributed by atoms with Crippen LogP contribution in [0.15, 0.2) is 36.4 Å². The minimum atomic E-state index is -0.264. The number of aryl methyl sites for hydroxylation is 1. The average Bonchev–Trinajstić information content (AvgIpc) is 2.58. The second kappa shape index (κ2) is 7.80. The predicted octanol–water partition coefficient (Wildman–Crippen LogP) is 1.97. The van der Waals surface area contributed by atoms with Crippen LogP contribution in [0, 0.1) is 18.3 Å². The van der Waals surface area contributed by atoms with E-state index in [1.54, 1.807) is 18.2 Å². The van der Waals surface area contributed by atoms with Crippen LogP contribution in [-0.4, -0.2) is 24.6 Å². The molecule has 0 fully saturated rings. The molecule has 0 aliphatic carbocycles. The van der Waals surface area contributed by atoms with Gasteiger partial charge in [-0.05, 0) is 31.2 Å². The molecule has 6 nitrogen and oxygen atoms in total. The highest BCUT2D eigenvalue weighted by Gasteiger charge is 2.09. The highest BCUT2D eigenvalue weighted by molar-refractivity contribution is 5.77. The first-order chi connectivity index (χ1) is 11.1. The van der Waals surface area contributed by atoms with Crippen molar-refractivity contribution >= 4 is 5.91 Å². The van der Waals surface area contributed by atoms with E-state index in [4.69, 9.17) is 14.7 Å². The number of methoxy groups -OCH3 is 1. The van der Waals surface area contributed by atoms with E-state index in [-0.39, 0.29) is 12.5 Å². The second-order valence-corrected chi connectivity index (χ2v) is 4.81. The molecule has 6 heteroatoms. The number of nitrogens with zero attached hydrogens (tertiary/aromatic N) is 2. The molecule has 1 aromatic carbocycles. The zero-order valence-corrected chi connectivity index (χ0v) is 13.0. The molecule has 1 aromatic heterocycles. The molecule has 0 aliphatic heterocycles. The van der Waals surface area contributed by atoms with Crippen LogP contribution < -0.4 is 14.8 Å². The molecule has 0 spiro atoms. The van der Waals surface area contributed by atoms with Crippen molar-refractivity contribution in [2.24, 2.45) is 0 Å². The zero-order chi connectivity index (χ0) is 16.7. The second-order valence-electron chi connectivity index (χ2n) is 4.81. The predicted molar refractivity (Wildman–Crippen MR) is 84.0 cm³/mol. The molecule has 1 N–H and O–H groups in total. The van der Waals surface area contributed by atoms with Crippen LogP contribution in [0.25, 0.3) is 0 Å². The standard InChI is InChI=1S/C17H17N3O3/c1-12-4-3-5-14(20-12)10-19-17(21)11-23-15-7-6-13(9-18)8-16(15)22-2/h3-8H,10-11H2,1-2H3,(H,19,21). The van der Waals surface area contributed by atoms with Crippen LogP contribution in [0.3, 0.4) is 0 Å². The number of pyridine rings is 1. The Kier molecular flexibility index (Phi) is 5.53. The molecule has 0 aliphatic rings. The van der Waals surface area contributed by atoms with Crippen LogP contribution in [0.5, 0.6) is 11.5 Å². The Morgan fingerprint density at radius 2 is 2.13 bits per heavy atom. The van der Waals surface area contributed by atoms with Crippen molar-refractivity contribution in [2.75, 3.05) is 13.7 Å². The Hall–Kier alpha value is -3.07. The summed E-state index contributed by atoms with van der Waals surface area (Å²) < 4.78 is 10.6. The lowest BCUT2D eigenvalue weighted by atomic mass is 10.2. The van der Waals surface area contributed by atoms with Gasteiger partial charge < -0.3 is 14.8 Å². The first-order valence-electron chi connectivity index (χ1n) is 7.02. The molecule has 0 unspecified atom stereocenters. The van der Waals surface area contributed by atoms with E-state index in [2.05, 4.69) is 10.3 Å². The van der Waals surface area contributed by atoms with Crippen molar-refractivity contribution in [3.63, 3.8) is 0 Å². The van der Waals surface area contributed by atoms with Crippen molar-refractivity contribution in [2.45, 2.75) is 13.5 Å². The highest BCUT2D eigenvalue weighted by Crippen LogP contribution is 2.27. The first-order valence-corrected chi connectivity index (χ1v) is 7.02. The van der Waals surface area contributed by atoms with Crippen molar-refractivity contribution in [1.82, 2.24) is 10.3 Å². The van der Waals surface area contributed by atoms with Gasteiger partial charge in [0.15, 0.2) is 18.1 Å². The number of hydrogen-bond acceptors (Lipinski definition) is 5. The van der Waals surface area contributed by atoms with Gasteiger partial charge in [-0.3, -0.25) is 9.78 Å². The smallest absolute Gasteiger partial charge is 0.258 e. The number of rotatable bonds is 6. The van der Waals surface area contributed by atoms with Gasteiger partial charge in [0.05, 0.1) is 31.0 Å². The summed E-state index contributed by atoms with van der Waals surface area (Å²) in [4.78, 5) is 16.1. The minimum absolute atomic E-state index is 0.145. The van der Waals surface area contributed by atoms with Gasteiger partial charge in [-0.1, -0.05) is 6.07 Å². The molecule has 0 bridgehead atoms. The third-order valence-corrected chi connectivity index (χ3v) is 3.06. The lowest BCUT2D eigenvalue weighted by Gasteiger charge is -2.11. The molecule has 1 heterocycles. The van der Waals surface area contributed by atoms with E-state index >= 15 is 0 Å². The summed E-state index contributed by atoms with van der Waals surface area (Å²) in [5, 5.41) is 11.6. The summed E-state index contributed by atoms with van der Waals surface area (Å²) in [5.41, 5.74) is 2.15. The number of hydrogen-bond donors (Lipinski definition) is 1. The maximum atomic E-state index is 11.8. The van der Waals surface area contributed by atoms with Gasteiger partial charge in [0.2, 0.25) is 0 Å². The van der Waals surface area contributed by atoms with E-state index in [0.717, 1.165) is 11.4 Å². The van der Waals surface area contributed by atoms with E-state index in [0.29, 0.717) is 23.6 Å². The Labute approximate surface area is 134 Å². The van der Waals surface area contributed by atoms with E-state index in [1.165, 1.54) is 7.11 Å². The molecule has 118 valence electrons. The Morgan fingerprint density at radius 3 is 2.83 bits per heavy atom. The average molecular weight is 311 g/mol. The number of ether oxygens (including phenoxy) is 2. The third-order valence-electron chi connectivity index (χ3n) is 3.06. The van der Waals surface area contributed by atoms with Crippen LogP contribution in [0.2, 0.25) is 0 Å². The van der Waals surface area contributed by atoms with Crippen LogP contribution >= 0.6 is 0 Å². The monoisotopic (exact) mass is 311 g/mol. The molecule has 2 aromatic rings. The van der Waals surface area contributed by atoms with Gasteiger partial charge in [0, 0.05) is 11.8 Å².